The maximum atomic E-state index is 10.5. The van der Waals surface area contributed by atoms with Gasteiger partial charge in [0.2, 0.25) is 0 Å². The third kappa shape index (κ3) is 2.65. The standard InChI is InChI=1S/C11H12BrN3O2/c12-11-7-5-6(1-3-9(7)14-15-11)8(13)2-4-10(16)17/h1,3,5,8H,2,4,13H2,(H,14,15)(H,16,17). The van der Waals surface area contributed by atoms with Crippen molar-refractivity contribution in [2.24, 2.45) is 5.73 Å². The Hall–Kier alpha value is -1.40. The van der Waals surface area contributed by atoms with E-state index in [1.165, 1.54) is 0 Å². The fraction of sp³-hybridized carbons (Fsp3) is 0.273. The molecule has 4 N–H and O–H groups in total. The molecule has 1 heterocycles. The highest BCUT2D eigenvalue weighted by molar-refractivity contribution is 9.10. The number of nitrogens with zero attached hydrogens (tertiary/aromatic N) is 1. The number of hydrogen-bond donors (Lipinski definition) is 3. The molecule has 17 heavy (non-hydrogen) atoms. The topological polar surface area (TPSA) is 92.0 Å². The van der Waals surface area contributed by atoms with Crippen molar-refractivity contribution < 1.29 is 9.90 Å². The lowest BCUT2D eigenvalue weighted by atomic mass is 10.0. The molecule has 0 aliphatic carbocycles. The molecule has 2 rings (SSSR count). The first-order chi connectivity index (χ1) is 8.08. The lowest BCUT2D eigenvalue weighted by Gasteiger charge is -2.10. The van der Waals surface area contributed by atoms with Gasteiger partial charge in [0.25, 0.3) is 0 Å². The van der Waals surface area contributed by atoms with Crippen LogP contribution in [0, 0.1) is 0 Å². The summed E-state index contributed by atoms with van der Waals surface area (Å²) in [6.07, 6.45) is 0.502. The van der Waals surface area contributed by atoms with Crippen LogP contribution in [0.2, 0.25) is 0 Å². The number of hydrogen-bond acceptors (Lipinski definition) is 3. The molecule has 0 aliphatic heterocycles. The maximum absolute atomic E-state index is 10.5. The first-order valence-corrected chi connectivity index (χ1v) is 5.98. The number of carbonyl (C=O) groups is 1. The molecule has 1 aromatic carbocycles. The number of rotatable bonds is 4. The van der Waals surface area contributed by atoms with Crippen LogP contribution in [0.1, 0.15) is 24.4 Å². The molecular weight excluding hydrogens is 286 g/mol. The fourth-order valence-corrected chi connectivity index (χ4v) is 2.08. The lowest BCUT2D eigenvalue weighted by molar-refractivity contribution is -0.137. The SMILES string of the molecule is NC(CCC(=O)O)c1ccc2n[nH]c(Br)c2c1. The predicted octanol–water partition coefficient (Wildman–Crippen LogP) is 2.19. The summed E-state index contributed by atoms with van der Waals surface area (Å²) in [5, 5.41) is 16.5. The van der Waals surface area contributed by atoms with E-state index in [2.05, 4.69) is 26.1 Å². The van der Waals surface area contributed by atoms with Crippen LogP contribution in [0.4, 0.5) is 0 Å². The second kappa shape index (κ2) is 4.85. The normalized spacial score (nSPS) is 12.8. The van der Waals surface area contributed by atoms with Gasteiger partial charge in [0, 0.05) is 17.8 Å². The van der Waals surface area contributed by atoms with Crippen LogP contribution in [0.3, 0.4) is 0 Å². The van der Waals surface area contributed by atoms with Crippen molar-refractivity contribution in [1.82, 2.24) is 10.2 Å². The van der Waals surface area contributed by atoms with Crippen LogP contribution in [0.15, 0.2) is 22.8 Å². The van der Waals surface area contributed by atoms with Crippen LogP contribution < -0.4 is 5.73 Å². The van der Waals surface area contributed by atoms with E-state index in [9.17, 15) is 4.79 Å². The molecule has 0 radical (unpaired) electrons. The number of benzene rings is 1. The molecule has 1 unspecified atom stereocenters. The number of carboxylic acids is 1. The summed E-state index contributed by atoms with van der Waals surface area (Å²) in [5.74, 6) is -0.828. The van der Waals surface area contributed by atoms with E-state index in [-0.39, 0.29) is 12.5 Å². The third-order valence-electron chi connectivity index (χ3n) is 2.63. The van der Waals surface area contributed by atoms with Gasteiger partial charge in [0.1, 0.15) is 4.60 Å². The van der Waals surface area contributed by atoms with Crippen LogP contribution in [0.25, 0.3) is 10.9 Å². The molecule has 6 heteroatoms. The minimum Gasteiger partial charge on any atom is -0.481 e. The van der Waals surface area contributed by atoms with Crippen molar-refractivity contribution in [2.75, 3.05) is 0 Å². The van der Waals surface area contributed by atoms with E-state index >= 15 is 0 Å². The Kier molecular flexibility index (Phi) is 3.44. The summed E-state index contributed by atoms with van der Waals surface area (Å²) in [4.78, 5) is 10.5. The van der Waals surface area contributed by atoms with Gasteiger partial charge in [-0.05, 0) is 40.0 Å². The highest BCUT2D eigenvalue weighted by Gasteiger charge is 2.11. The van der Waals surface area contributed by atoms with E-state index in [1.54, 1.807) is 0 Å². The number of aromatic nitrogens is 2. The largest absolute Gasteiger partial charge is 0.481 e. The predicted molar refractivity (Wildman–Crippen MR) is 67.6 cm³/mol. The summed E-state index contributed by atoms with van der Waals surface area (Å²) in [7, 11) is 0. The molecule has 1 aromatic heterocycles. The highest BCUT2D eigenvalue weighted by atomic mass is 79.9. The van der Waals surface area contributed by atoms with Crippen LogP contribution in [-0.2, 0) is 4.79 Å². The van der Waals surface area contributed by atoms with Crippen molar-refractivity contribution >= 4 is 32.8 Å². The number of fused-ring (bicyclic) bond motifs is 1. The van der Waals surface area contributed by atoms with Crippen molar-refractivity contribution in [1.29, 1.82) is 0 Å². The molecule has 0 fully saturated rings. The number of nitrogens with one attached hydrogen (secondary N) is 1. The Bertz CT molecular complexity index is 553. The van der Waals surface area contributed by atoms with E-state index in [4.69, 9.17) is 10.8 Å². The van der Waals surface area contributed by atoms with Gasteiger partial charge in [-0.25, -0.2) is 0 Å². The number of aromatic amines is 1. The van der Waals surface area contributed by atoms with Crippen LogP contribution in [-0.4, -0.2) is 21.3 Å². The molecule has 0 amide bonds. The van der Waals surface area contributed by atoms with Gasteiger partial charge < -0.3 is 10.8 Å². The molecule has 2 aromatic rings. The molecule has 1 atom stereocenters. The van der Waals surface area contributed by atoms with Gasteiger partial charge in [0.05, 0.1) is 5.52 Å². The molecule has 0 saturated heterocycles. The fourth-order valence-electron chi connectivity index (χ4n) is 1.67. The van der Waals surface area contributed by atoms with Crippen LogP contribution >= 0.6 is 15.9 Å². The van der Waals surface area contributed by atoms with Gasteiger partial charge in [-0.2, -0.15) is 5.10 Å². The maximum Gasteiger partial charge on any atom is 0.303 e. The van der Waals surface area contributed by atoms with Gasteiger partial charge in [-0.15, -0.1) is 0 Å². The quantitative estimate of drug-likeness (QED) is 0.806. The van der Waals surface area contributed by atoms with E-state index in [0.29, 0.717) is 6.42 Å². The number of aliphatic carboxylic acids is 1. The van der Waals surface area contributed by atoms with Gasteiger partial charge in [-0.3, -0.25) is 9.89 Å². The average Bonchev–Trinajstić information content (AvgIpc) is 2.67. The van der Waals surface area contributed by atoms with Gasteiger partial charge >= 0.3 is 5.97 Å². The molecule has 90 valence electrons. The summed E-state index contributed by atoms with van der Waals surface area (Å²) >= 11 is 3.36. The summed E-state index contributed by atoms with van der Waals surface area (Å²) in [5.41, 5.74) is 7.71. The van der Waals surface area contributed by atoms with E-state index in [0.717, 1.165) is 21.1 Å². The first kappa shape index (κ1) is 12.1. The molecular formula is C11H12BrN3O2. The molecule has 0 bridgehead atoms. The highest BCUT2D eigenvalue weighted by Crippen LogP contribution is 2.25. The monoisotopic (exact) mass is 297 g/mol. The smallest absolute Gasteiger partial charge is 0.303 e. The van der Waals surface area contributed by atoms with E-state index < -0.39 is 5.97 Å². The summed E-state index contributed by atoms with van der Waals surface area (Å²) < 4.78 is 0.805. The minimum absolute atomic E-state index is 0.0752. The Morgan fingerprint density at radius 3 is 3.06 bits per heavy atom. The Morgan fingerprint density at radius 2 is 2.35 bits per heavy atom. The van der Waals surface area contributed by atoms with Gasteiger partial charge in [-0.1, -0.05) is 6.07 Å². The minimum atomic E-state index is -0.828. The van der Waals surface area contributed by atoms with Gasteiger partial charge in [0.15, 0.2) is 0 Å². The zero-order valence-corrected chi connectivity index (χ0v) is 10.6. The second-order valence-corrected chi connectivity index (χ2v) is 4.65. The third-order valence-corrected chi connectivity index (χ3v) is 3.23. The number of H-pyrrole nitrogens is 1. The summed E-state index contributed by atoms with van der Waals surface area (Å²) in [6.45, 7) is 0. The van der Waals surface area contributed by atoms with Crippen molar-refractivity contribution in [2.45, 2.75) is 18.9 Å². The van der Waals surface area contributed by atoms with Crippen molar-refractivity contribution in [3.8, 4) is 0 Å². The summed E-state index contributed by atoms with van der Waals surface area (Å²) in [6, 6.07) is 5.40. The lowest BCUT2D eigenvalue weighted by Crippen LogP contribution is -2.12. The average molecular weight is 298 g/mol. The Morgan fingerprint density at radius 1 is 1.59 bits per heavy atom. The number of nitrogens with two attached hydrogens (primary N) is 1. The van der Waals surface area contributed by atoms with Crippen LogP contribution in [0.5, 0.6) is 0 Å². The zero-order valence-electron chi connectivity index (χ0n) is 8.98. The molecule has 0 spiro atoms. The number of halogens is 1. The second-order valence-electron chi connectivity index (χ2n) is 3.85. The first-order valence-electron chi connectivity index (χ1n) is 5.19. The number of carboxylic acid groups (broad SMARTS) is 1. The zero-order chi connectivity index (χ0) is 12.4. The Balaban J connectivity index is 2.23. The molecule has 0 saturated carbocycles. The molecule has 5 nitrogen and oxygen atoms in total. The van der Waals surface area contributed by atoms with Crippen molar-refractivity contribution in [3.05, 3.63) is 28.4 Å². The van der Waals surface area contributed by atoms with E-state index in [1.807, 2.05) is 18.2 Å². The van der Waals surface area contributed by atoms with Crippen molar-refractivity contribution in [3.63, 3.8) is 0 Å². The molecule has 0 aliphatic rings. The Labute approximate surface area is 106 Å².